The first kappa shape index (κ1) is 17.9. The molecule has 2 heterocycles. The molecule has 0 aliphatic carbocycles. The topological polar surface area (TPSA) is 93.6 Å². The van der Waals surface area contributed by atoms with E-state index in [1.807, 2.05) is 6.92 Å². The molecule has 9 heteroatoms. The molecule has 3 rings (SSSR count). The van der Waals surface area contributed by atoms with Crippen LogP contribution in [-0.2, 0) is 14.8 Å². The Morgan fingerprint density at radius 1 is 1.24 bits per heavy atom. The molecule has 1 saturated heterocycles. The molecule has 2 N–H and O–H groups in total. The fraction of sp³-hybridized carbons (Fsp3) is 0.125. The molecule has 25 heavy (non-hydrogen) atoms. The van der Waals surface area contributed by atoms with Crippen LogP contribution < -0.4 is 5.14 Å². The number of sulfonamides is 1. The molecule has 130 valence electrons. The molecule has 1 aliphatic heterocycles. The maximum absolute atomic E-state index is 12.2. The number of furan rings is 1. The Morgan fingerprint density at radius 2 is 1.92 bits per heavy atom. The molecule has 1 amide bonds. The highest BCUT2D eigenvalue weighted by Crippen LogP contribution is 2.33. The van der Waals surface area contributed by atoms with Gasteiger partial charge in [-0.05, 0) is 43.3 Å². The van der Waals surface area contributed by atoms with Gasteiger partial charge in [0.05, 0.1) is 9.80 Å². The Labute approximate surface area is 154 Å². The minimum absolute atomic E-state index is 0.0336. The van der Waals surface area contributed by atoms with E-state index in [1.165, 1.54) is 28.8 Å². The fourth-order valence-electron chi connectivity index (χ4n) is 2.30. The van der Waals surface area contributed by atoms with Gasteiger partial charge in [0, 0.05) is 18.2 Å². The van der Waals surface area contributed by atoms with E-state index in [1.54, 1.807) is 30.3 Å². The zero-order chi connectivity index (χ0) is 18.2. The summed E-state index contributed by atoms with van der Waals surface area (Å²) in [6.45, 7) is 2.39. The number of hydrogen-bond donors (Lipinski definition) is 1. The Balaban J connectivity index is 1.85. The summed E-state index contributed by atoms with van der Waals surface area (Å²) in [6.07, 6.45) is 1.65. The molecule has 0 saturated carbocycles. The lowest BCUT2D eigenvalue weighted by molar-refractivity contribution is -0.121. The van der Waals surface area contributed by atoms with Gasteiger partial charge in [0.25, 0.3) is 5.91 Å². The lowest BCUT2D eigenvalue weighted by Crippen LogP contribution is -2.27. The number of nitrogens with zero attached hydrogens (tertiary/aromatic N) is 1. The Kier molecular flexibility index (Phi) is 4.83. The van der Waals surface area contributed by atoms with Crippen molar-refractivity contribution in [3.8, 4) is 11.3 Å². The van der Waals surface area contributed by atoms with E-state index in [0.29, 0.717) is 32.9 Å². The highest BCUT2D eigenvalue weighted by molar-refractivity contribution is 8.26. The van der Waals surface area contributed by atoms with Crippen LogP contribution in [0, 0.1) is 0 Å². The largest absolute Gasteiger partial charge is 0.457 e. The van der Waals surface area contributed by atoms with Crippen molar-refractivity contribution in [2.24, 2.45) is 5.14 Å². The van der Waals surface area contributed by atoms with Gasteiger partial charge in [-0.2, -0.15) is 0 Å². The molecular weight excluding hydrogens is 380 g/mol. The van der Waals surface area contributed by atoms with Gasteiger partial charge >= 0.3 is 0 Å². The van der Waals surface area contributed by atoms with E-state index in [9.17, 15) is 13.2 Å². The van der Waals surface area contributed by atoms with E-state index < -0.39 is 10.0 Å². The molecule has 0 unspecified atom stereocenters. The molecule has 0 radical (unpaired) electrons. The predicted octanol–water partition coefficient (Wildman–Crippen LogP) is 2.82. The number of thioether (sulfide) groups is 1. The summed E-state index contributed by atoms with van der Waals surface area (Å²) in [5, 5.41) is 5.08. The predicted molar refractivity (Wildman–Crippen MR) is 101 cm³/mol. The van der Waals surface area contributed by atoms with Crippen molar-refractivity contribution < 1.29 is 17.6 Å². The van der Waals surface area contributed by atoms with Crippen molar-refractivity contribution in [2.75, 3.05) is 6.54 Å². The van der Waals surface area contributed by atoms with Gasteiger partial charge in [0.1, 0.15) is 15.8 Å². The molecule has 0 atom stereocenters. The number of thiocarbonyl (C=S) groups is 1. The maximum Gasteiger partial charge on any atom is 0.266 e. The number of nitrogens with two attached hydrogens (primary N) is 1. The first-order chi connectivity index (χ1) is 11.8. The van der Waals surface area contributed by atoms with Gasteiger partial charge in [0.2, 0.25) is 10.0 Å². The van der Waals surface area contributed by atoms with Crippen LogP contribution in [-0.4, -0.2) is 30.1 Å². The van der Waals surface area contributed by atoms with Crippen LogP contribution in [0.3, 0.4) is 0 Å². The summed E-state index contributed by atoms with van der Waals surface area (Å²) in [6, 6.07) is 9.54. The first-order valence-corrected chi connectivity index (χ1v) is 10.0. The number of benzene rings is 1. The van der Waals surface area contributed by atoms with Gasteiger partial charge in [-0.1, -0.05) is 24.0 Å². The van der Waals surface area contributed by atoms with Crippen molar-refractivity contribution >= 4 is 50.3 Å². The molecule has 2 aromatic rings. The van der Waals surface area contributed by atoms with Crippen molar-refractivity contribution in [3.05, 3.63) is 47.1 Å². The van der Waals surface area contributed by atoms with Crippen molar-refractivity contribution in [2.45, 2.75) is 11.8 Å². The van der Waals surface area contributed by atoms with Gasteiger partial charge in [0.15, 0.2) is 0 Å². The maximum atomic E-state index is 12.2. The van der Waals surface area contributed by atoms with Crippen LogP contribution in [0.4, 0.5) is 0 Å². The number of carbonyl (C=O) groups is 1. The van der Waals surface area contributed by atoms with Crippen molar-refractivity contribution in [1.29, 1.82) is 0 Å². The SMILES string of the molecule is CCN1C(=O)C(=Cc2ccc(-c3ccc(S(N)(=O)=O)cc3)o2)SC1=S. The van der Waals surface area contributed by atoms with Gasteiger partial charge in [-0.25, -0.2) is 13.6 Å². The number of primary sulfonamides is 1. The third kappa shape index (κ3) is 3.69. The van der Waals surface area contributed by atoms with Gasteiger partial charge < -0.3 is 4.42 Å². The number of likely N-dealkylation sites (N-methyl/N-ethyl adjacent to an activating group) is 1. The molecule has 1 aromatic heterocycles. The molecule has 6 nitrogen and oxygen atoms in total. The van der Waals surface area contributed by atoms with Crippen LogP contribution in [0.15, 0.2) is 50.6 Å². The zero-order valence-electron chi connectivity index (χ0n) is 13.1. The molecule has 1 aromatic carbocycles. The molecule has 0 bridgehead atoms. The third-order valence-electron chi connectivity index (χ3n) is 3.56. The van der Waals surface area contributed by atoms with Crippen LogP contribution in [0.1, 0.15) is 12.7 Å². The minimum atomic E-state index is -3.73. The highest BCUT2D eigenvalue weighted by atomic mass is 32.2. The van der Waals surface area contributed by atoms with Crippen LogP contribution in [0.2, 0.25) is 0 Å². The minimum Gasteiger partial charge on any atom is -0.457 e. The van der Waals surface area contributed by atoms with E-state index in [2.05, 4.69) is 0 Å². The summed E-state index contributed by atoms with van der Waals surface area (Å²) < 4.78 is 28.8. The quantitative estimate of drug-likeness (QED) is 0.633. The van der Waals surface area contributed by atoms with E-state index >= 15 is 0 Å². The van der Waals surface area contributed by atoms with Crippen molar-refractivity contribution in [1.82, 2.24) is 4.90 Å². The fourth-order valence-corrected chi connectivity index (χ4v) is 4.18. The molecular formula is C16H14N2O4S3. The standard InChI is InChI=1S/C16H14N2O4S3/c1-2-18-15(19)14(24-16(18)23)9-11-5-8-13(22-11)10-3-6-12(7-4-10)25(17,20)21/h3-9H,2H2,1H3,(H2,17,20,21). The Morgan fingerprint density at radius 3 is 2.48 bits per heavy atom. The number of rotatable bonds is 4. The second kappa shape index (κ2) is 6.75. The van der Waals surface area contributed by atoms with Gasteiger partial charge in [-0.3, -0.25) is 9.69 Å². The van der Waals surface area contributed by atoms with E-state index in [4.69, 9.17) is 21.8 Å². The summed E-state index contributed by atoms with van der Waals surface area (Å²) in [7, 11) is -3.73. The second-order valence-electron chi connectivity index (χ2n) is 5.20. The number of hydrogen-bond acceptors (Lipinski definition) is 6. The Bertz CT molecular complexity index is 975. The van der Waals surface area contributed by atoms with E-state index in [0.717, 1.165) is 0 Å². The molecule has 0 spiro atoms. The third-order valence-corrected chi connectivity index (χ3v) is 5.86. The zero-order valence-corrected chi connectivity index (χ0v) is 15.6. The first-order valence-electron chi connectivity index (χ1n) is 7.28. The number of amides is 1. The Hall–Kier alpha value is -1.94. The highest BCUT2D eigenvalue weighted by Gasteiger charge is 2.30. The normalized spacial score (nSPS) is 16.9. The lowest BCUT2D eigenvalue weighted by Gasteiger charge is -2.09. The summed E-state index contributed by atoms with van der Waals surface area (Å²) in [4.78, 5) is 14.3. The lowest BCUT2D eigenvalue weighted by atomic mass is 10.2. The van der Waals surface area contributed by atoms with E-state index in [-0.39, 0.29) is 10.8 Å². The van der Waals surface area contributed by atoms with Crippen molar-refractivity contribution in [3.63, 3.8) is 0 Å². The summed E-state index contributed by atoms with van der Waals surface area (Å²) in [5.74, 6) is 0.938. The van der Waals surface area contributed by atoms with Crippen LogP contribution >= 0.6 is 24.0 Å². The number of carbonyl (C=O) groups excluding carboxylic acids is 1. The smallest absolute Gasteiger partial charge is 0.266 e. The molecule has 1 fully saturated rings. The van der Waals surface area contributed by atoms with Gasteiger partial charge in [-0.15, -0.1) is 0 Å². The summed E-state index contributed by atoms with van der Waals surface area (Å²) >= 11 is 6.41. The molecule has 1 aliphatic rings. The summed E-state index contributed by atoms with van der Waals surface area (Å²) in [5.41, 5.74) is 0.702. The average Bonchev–Trinajstić information content (AvgIpc) is 3.12. The average molecular weight is 394 g/mol. The second-order valence-corrected chi connectivity index (χ2v) is 8.43. The van der Waals surface area contributed by atoms with Crippen LogP contribution in [0.5, 0.6) is 0 Å². The monoisotopic (exact) mass is 394 g/mol. The van der Waals surface area contributed by atoms with Crippen LogP contribution in [0.25, 0.3) is 17.4 Å².